The van der Waals surface area contributed by atoms with E-state index in [0.29, 0.717) is 17.9 Å². The highest BCUT2D eigenvalue weighted by molar-refractivity contribution is 7.92. The summed E-state index contributed by atoms with van der Waals surface area (Å²) in [6, 6.07) is 3.31. The van der Waals surface area contributed by atoms with Gasteiger partial charge < -0.3 is 5.11 Å². The Morgan fingerprint density at radius 2 is 2.20 bits per heavy atom. The predicted molar refractivity (Wildman–Crippen MR) is 58.0 cm³/mol. The molecule has 0 aliphatic heterocycles. The van der Waals surface area contributed by atoms with E-state index in [1.807, 2.05) is 0 Å². The maximum Gasteiger partial charge on any atom is 0.233 e. The lowest BCUT2D eigenvalue weighted by atomic mass is 10.3. The summed E-state index contributed by atoms with van der Waals surface area (Å²) in [5.74, 6) is 0.296. The molecule has 0 aromatic carbocycles. The minimum atomic E-state index is -3.34. The number of aliphatic hydroxyl groups excluding tert-OH is 1. The SMILES string of the molecule is CCN(c1ncccc1CO)S(C)(=O)=O. The molecule has 5 nitrogen and oxygen atoms in total. The standard InChI is InChI=1S/C9H14N2O3S/c1-3-11(15(2,13)14)9-8(7-12)5-4-6-10-9/h4-6,12H,3,7H2,1-2H3. The number of pyridine rings is 1. The fourth-order valence-corrected chi connectivity index (χ4v) is 2.27. The van der Waals surface area contributed by atoms with Gasteiger partial charge in [-0.2, -0.15) is 0 Å². The van der Waals surface area contributed by atoms with Crippen molar-refractivity contribution in [3.63, 3.8) is 0 Å². The lowest BCUT2D eigenvalue weighted by molar-refractivity contribution is 0.282. The molecule has 0 aliphatic rings. The van der Waals surface area contributed by atoms with Crippen LogP contribution in [0.3, 0.4) is 0 Å². The Hall–Kier alpha value is -1.14. The molecule has 1 aromatic heterocycles. The Kier molecular flexibility index (Phi) is 3.65. The van der Waals surface area contributed by atoms with E-state index in [9.17, 15) is 8.42 Å². The minimum absolute atomic E-state index is 0.227. The van der Waals surface area contributed by atoms with E-state index < -0.39 is 10.0 Å². The molecule has 0 radical (unpaired) electrons. The van der Waals surface area contributed by atoms with Gasteiger partial charge in [-0.05, 0) is 13.0 Å². The molecule has 0 unspecified atom stereocenters. The van der Waals surface area contributed by atoms with Crippen LogP contribution in [0.15, 0.2) is 18.3 Å². The van der Waals surface area contributed by atoms with Crippen LogP contribution in [0.1, 0.15) is 12.5 Å². The number of aliphatic hydroxyl groups is 1. The van der Waals surface area contributed by atoms with Crippen LogP contribution in [0.25, 0.3) is 0 Å². The highest BCUT2D eigenvalue weighted by Crippen LogP contribution is 2.19. The first kappa shape index (κ1) is 11.9. The maximum absolute atomic E-state index is 11.4. The summed E-state index contributed by atoms with van der Waals surface area (Å²) >= 11 is 0. The second-order valence-corrected chi connectivity index (χ2v) is 4.98. The largest absolute Gasteiger partial charge is 0.392 e. The first-order valence-electron chi connectivity index (χ1n) is 4.53. The van der Waals surface area contributed by atoms with Crippen molar-refractivity contribution in [3.05, 3.63) is 23.9 Å². The van der Waals surface area contributed by atoms with Gasteiger partial charge >= 0.3 is 0 Å². The molecule has 0 spiro atoms. The van der Waals surface area contributed by atoms with Crippen LogP contribution in [-0.2, 0) is 16.6 Å². The summed E-state index contributed by atoms with van der Waals surface area (Å²) < 4.78 is 24.0. The normalized spacial score (nSPS) is 11.4. The Morgan fingerprint density at radius 1 is 1.53 bits per heavy atom. The van der Waals surface area contributed by atoms with Crippen molar-refractivity contribution in [1.29, 1.82) is 0 Å². The second kappa shape index (κ2) is 4.59. The van der Waals surface area contributed by atoms with E-state index in [2.05, 4.69) is 4.98 Å². The van der Waals surface area contributed by atoms with Gasteiger partial charge in [-0.15, -0.1) is 0 Å². The van der Waals surface area contributed by atoms with Gasteiger partial charge in [-0.1, -0.05) is 6.07 Å². The fraction of sp³-hybridized carbons (Fsp3) is 0.444. The molecule has 15 heavy (non-hydrogen) atoms. The van der Waals surface area contributed by atoms with Crippen LogP contribution >= 0.6 is 0 Å². The predicted octanol–water partition coefficient (Wildman–Crippen LogP) is 0.360. The number of aromatic nitrogens is 1. The van der Waals surface area contributed by atoms with E-state index >= 15 is 0 Å². The number of nitrogens with zero attached hydrogens (tertiary/aromatic N) is 2. The number of sulfonamides is 1. The van der Waals surface area contributed by atoms with Crippen molar-refractivity contribution in [2.45, 2.75) is 13.5 Å². The molecule has 0 fully saturated rings. The Labute approximate surface area is 89.4 Å². The summed E-state index contributed by atoms with van der Waals surface area (Å²) in [7, 11) is -3.34. The van der Waals surface area contributed by atoms with Crippen molar-refractivity contribution in [2.75, 3.05) is 17.1 Å². The van der Waals surface area contributed by atoms with Crippen LogP contribution in [0.5, 0.6) is 0 Å². The minimum Gasteiger partial charge on any atom is -0.392 e. The van der Waals surface area contributed by atoms with Crippen LogP contribution in [0.2, 0.25) is 0 Å². The Morgan fingerprint density at radius 3 is 2.67 bits per heavy atom. The summed E-state index contributed by atoms with van der Waals surface area (Å²) in [6.07, 6.45) is 2.62. The van der Waals surface area contributed by atoms with Gasteiger partial charge in [0.1, 0.15) is 5.82 Å². The number of hydrogen-bond acceptors (Lipinski definition) is 4. The van der Waals surface area contributed by atoms with Crippen molar-refractivity contribution in [2.24, 2.45) is 0 Å². The molecule has 1 rings (SSSR count). The van der Waals surface area contributed by atoms with Crippen LogP contribution in [-0.4, -0.2) is 31.3 Å². The molecular formula is C9H14N2O3S. The van der Waals surface area contributed by atoms with Crippen LogP contribution < -0.4 is 4.31 Å². The van der Waals surface area contributed by atoms with E-state index in [0.717, 1.165) is 6.26 Å². The molecular weight excluding hydrogens is 216 g/mol. The number of hydrogen-bond donors (Lipinski definition) is 1. The molecule has 0 atom stereocenters. The van der Waals surface area contributed by atoms with Gasteiger partial charge in [-0.25, -0.2) is 13.4 Å². The van der Waals surface area contributed by atoms with Gasteiger partial charge in [-0.3, -0.25) is 4.31 Å². The summed E-state index contributed by atoms with van der Waals surface area (Å²) in [5.41, 5.74) is 0.504. The highest BCUT2D eigenvalue weighted by Gasteiger charge is 2.18. The molecule has 1 aromatic rings. The van der Waals surface area contributed by atoms with Gasteiger partial charge in [0.05, 0.1) is 12.9 Å². The maximum atomic E-state index is 11.4. The highest BCUT2D eigenvalue weighted by atomic mass is 32.2. The number of anilines is 1. The molecule has 6 heteroatoms. The first-order chi connectivity index (χ1) is 7.00. The van der Waals surface area contributed by atoms with Crippen LogP contribution in [0, 0.1) is 0 Å². The summed E-state index contributed by atoms with van der Waals surface area (Å²) in [5, 5.41) is 9.07. The van der Waals surface area contributed by atoms with E-state index in [-0.39, 0.29) is 6.61 Å². The van der Waals surface area contributed by atoms with Crippen molar-refractivity contribution < 1.29 is 13.5 Å². The van der Waals surface area contributed by atoms with E-state index in [1.165, 1.54) is 10.5 Å². The van der Waals surface area contributed by atoms with Gasteiger partial charge in [0.25, 0.3) is 0 Å². The average Bonchev–Trinajstić information content (AvgIpc) is 2.17. The Bertz CT molecular complexity index is 431. The zero-order valence-electron chi connectivity index (χ0n) is 8.71. The zero-order valence-corrected chi connectivity index (χ0v) is 9.53. The smallest absolute Gasteiger partial charge is 0.233 e. The first-order valence-corrected chi connectivity index (χ1v) is 6.38. The second-order valence-electron chi connectivity index (χ2n) is 3.07. The van der Waals surface area contributed by atoms with Crippen LogP contribution in [0.4, 0.5) is 5.82 Å². The zero-order chi connectivity index (χ0) is 11.5. The molecule has 0 amide bonds. The molecule has 0 saturated heterocycles. The van der Waals surface area contributed by atoms with E-state index in [1.54, 1.807) is 19.1 Å². The molecule has 84 valence electrons. The quantitative estimate of drug-likeness (QED) is 0.810. The third-order valence-corrected chi connectivity index (χ3v) is 3.19. The molecule has 0 bridgehead atoms. The van der Waals surface area contributed by atoms with Crippen molar-refractivity contribution >= 4 is 15.8 Å². The molecule has 1 N–H and O–H groups in total. The van der Waals surface area contributed by atoms with Crippen molar-refractivity contribution in [1.82, 2.24) is 4.98 Å². The molecule has 0 saturated carbocycles. The van der Waals surface area contributed by atoms with Crippen molar-refractivity contribution in [3.8, 4) is 0 Å². The average molecular weight is 230 g/mol. The third kappa shape index (κ3) is 2.66. The van der Waals surface area contributed by atoms with Gasteiger partial charge in [0.15, 0.2) is 0 Å². The Balaban J connectivity index is 3.24. The monoisotopic (exact) mass is 230 g/mol. The fourth-order valence-electron chi connectivity index (χ4n) is 1.32. The third-order valence-electron chi connectivity index (χ3n) is 1.96. The lowest BCUT2D eigenvalue weighted by Gasteiger charge is -2.21. The number of rotatable bonds is 4. The lowest BCUT2D eigenvalue weighted by Crippen LogP contribution is -2.31. The topological polar surface area (TPSA) is 70.5 Å². The summed E-state index contributed by atoms with van der Waals surface area (Å²) in [4.78, 5) is 3.97. The summed E-state index contributed by atoms with van der Waals surface area (Å²) in [6.45, 7) is 1.79. The van der Waals surface area contributed by atoms with E-state index in [4.69, 9.17) is 5.11 Å². The van der Waals surface area contributed by atoms with Gasteiger partial charge in [0.2, 0.25) is 10.0 Å². The molecule has 0 aliphatic carbocycles. The molecule has 1 heterocycles. The van der Waals surface area contributed by atoms with Gasteiger partial charge in [0, 0.05) is 18.3 Å².